The summed E-state index contributed by atoms with van der Waals surface area (Å²) < 4.78 is 13.2. The van der Waals surface area contributed by atoms with Crippen molar-refractivity contribution in [2.45, 2.75) is 32.6 Å². The number of carbonyl (C=O) groups excluding carboxylic acids is 3. The summed E-state index contributed by atoms with van der Waals surface area (Å²) in [6.45, 7) is 4.78. The van der Waals surface area contributed by atoms with Crippen molar-refractivity contribution in [3.63, 3.8) is 0 Å². The second kappa shape index (κ2) is 11.3. The van der Waals surface area contributed by atoms with Crippen LogP contribution >= 0.6 is 0 Å². The molecule has 0 aromatic heterocycles. The quantitative estimate of drug-likeness (QED) is 0.678. The maximum Gasteiger partial charge on any atom is 0.319 e. The van der Waals surface area contributed by atoms with Gasteiger partial charge in [0.25, 0.3) is 5.91 Å². The summed E-state index contributed by atoms with van der Waals surface area (Å²) >= 11 is 0. The van der Waals surface area contributed by atoms with Crippen LogP contribution < -0.4 is 10.6 Å². The van der Waals surface area contributed by atoms with Crippen molar-refractivity contribution in [3.05, 3.63) is 65.5 Å². The van der Waals surface area contributed by atoms with E-state index in [9.17, 15) is 18.8 Å². The van der Waals surface area contributed by atoms with E-state index in [1.54, 1.807) is 4.90 Å². The Morgan fingerprint density at radius 1 is 0.914 bits per heavy atom. The van der Waals surface area contributed by atoms with Crippen LogP contribution in [0.4, 0.5) is 14.9 Å². The second-order valence-electron chi connectivity index (χ2n) is 9.59. The van der Waals surface area contributed by atoms with Gasteiger partial charge in [-0.25, -0.2) is 9.18 Å². The fourth-order valence-electron chi connectivity index (χ4n) is 4.88. The molecule has 186 valence electrons. The number of nitrogens with zero attached hydrogens (tertiary/aromatic N) is 2. The van der Waals surface area contributed by atoms with Gasteiger partial charge < -0.3 is 20.4 Å². The summed E-state index contributed by atoms with van der Waals surface area (Å²) in [4.78, 5) is 42.0. The molecule has 2 N–H and O–H groups in total. The molecule has 4 rings (SSSR count). The Labute approximate surface area is 205 Å². The lowest BCUT2D eigenvalue weighted by molar-refractivity contribution is -0.138. The van der Waals surface area contributed by atoms with Crippen LogP contribution in [-0.4, -0.2) is 60.4 Å². The summed E-state index contributed by atoms with van der Waals surface area (Å²) in [7, 11) is 0. The van der Waals surface area contributed by atoms with Gasteiger partial charge in [-0.3, -0.25) is 9.59 Å². The van der Waals surface area contributed by atoms with Crippen LogP contribution in [0.1, 0.15) is 41.6 Å². The van der Waals surface area contributed by atoms with E-state index >= 15 is 0 Å². The molecule has 7 nitrogen and oxygen atoms in total. The maximum atomic E-state index is 13.3. The first-order valence-electron chi connectivity index (χ1n) is 12.3. The lowest BCUT2D eigenvalue weighted by atomic mass is 9.92. The fourth-order valence-corrected chi connectivity index (χ4v) is 4.88. The van der Waals surface area contributed by atoms with Crippen molar-refractivity contribution in [2.24, 2.45) is 11.8 Å². The number of anilines is 1. The average molecular weight is 481 g/mol. The van der Waals surface area contributed by atoms with E-state index in [2.05, 4.69) is 10.6 Å². The van der Waals surface area contributed by atoms with Crippen LogP contribution in [0.25, 0.3) is 0 Å². The highest BCUT2D eigenvalue weighted by Gasteiger charge is 2.33. The van der Waals surface area contributed by atoms with Gasteiger partial charge >= 0.3 is 6.03 Å². The number of likely N-dealkylation sites (tertiary alicyclic amines) is 2. The normalized spacial score (nSPS) is 20.3. The number of benzene rings is 2. The summed E-state index contributed by atoms with van der Waals surface area (Å²) in [6, 6.07) is 12.9. The number of hydrogen-bond acceptors (Lipinski definition) is 3. The number of aryl methyl sites for hydroxylation is 1. The Kier molecular flexibility index (Phi) is 8.00. The summed E-state index contributed by atoms with van der Waals surface area (Å²) in [5.74, 6) is -0.505. The van der Waals surface area contributed by atoms with Crippen molar-refractivity contribution in [3.8, 4) is 0 Å². The molecule has 0 bridgehead atoms. The number of rotatable bonds is 5. The second-order valence-corrected chi connectivity index (χ2v) is 9.59. The van der Waals surface area contributed by atoms with Gasteiger partial charge in [0.15, 0.2) is 0 Å². The number of urea groups is 1. The van der Waals surface area contributed by atoms with E-state index in [1.807, 2.05) is 36.1 Å². The van der Waals surface area contributed by atoms with Gasteiger partial charge in [0, 0.05) is 44.0 Å². The maximum absolute atomic E-state index is 13.3. The summed E-state index contributed by atoms with van der Waals surface area (Å²) in [6.07, 6.45) is 3.36. The molecule has 0 aliphatic carbocycles. The summed E-state index contributed by atoms with van der Waals surface area (Å²) in [5.41, 5.74) is 2.31. The molecular formula is C27H33FN4O3. The minimum atomic E-state index is -0.380. The molecular weight excluding hydrogens is 447 g/mol. The minimum Gasteiger partial charge on any atom is -0.342 e. The van der Waals surface area contributed by atoms with Gasteiger partial charge in [0.2, 0.25) is 5.91 Å². The number of halogens is 1. The van der Waals surface area contributed by atoms with E-state index in [1.165, 1.54) is 24.3 Å². The van der Waals surface area contributed by atoms with Crippen molar-refractivity contribution in [1.82, 2.24) is 15.1 Å². The van der Waals surface area contributed by atoms with Crippen LogP contribution in [0.2, 0.25) is 0 Å². The number of carbonyl (C=O) groups is 3. The molecule has 2 unspecified atom stereocenters. The number of piperidine rings is 2. The number of hydrogen-bond donors (Lipinski definition) is 2. The van der Waals surface area contributed by atoms with Crippen LogP contribution in [0, 0.1) is 24.6 Å². The van der Waals surface area contributed by atoms with Crippen molar-refractivity contribution in [1.29, 1.82) is 0 Å². The van der Waals surface area contributed by atoms with Crippen LogP contribution in [-0.2, 0) is 4.79 Å². The highest BCUT2D eigenvalue weighted by Crippen LogP contribution is 2.24. The molecule has 35 heavy (non-hydrogen) atoms. The van der Waals surface area contributed by atoms with Gasteiger partial charge in [0.1, 0.15) is 5.82 Å². The van der Waals surface area contributed by atoms with E-state index < -0.39 is 0 Å². The molecule has 2 aliphatic rings. The molecule has 2 heterocycles. The molecule has 2 fully saturated rings. The average Bonchev–Trinajstić information content (AvgIpc) is 2.88. The molecule has 2 aliphatic heterocycles. The third-order valence-corrected chi connectivity index (χ3v) is 6.84. The van der Waals surface area contributed by atoms with E-state index in [-0.39, 0.29) is 35.5 Å². The predicted octanol–water partition coefficient (Wildman–Crippen LogP) is 4.05. The molecule has 8 heteroatoms. The van der Waals surface area contributed by atoms with E-state index in [4.69, 9.17) is 0 Å². The van der Waals surface area contributed by atoms with Gasteiger partial charge in [0.05, 0.1) is 5.92 Å². The first-order valence-corrected chi connectivity index (χ1v) is 12.3. The Hall–Kier alpha value is -3.42. The summed E-state index contributed by atoms with van der Waals surface area (Å²) in [5, 5.41) is 5.77. The van der Waals surface area contributed by atoms with Gasteiger partial charge in [-0.15, -0.1) is 0 Å². The molecule has 0 radical (unpaired) electrons. The lowest BCUT2D eigenvalue weighted by Crippen LogP contribution is -2.50. The molecule has 0 saturated carbocycles. The lowest BCUT2D eigenvalue weighted by Gasteiger charge is -2.38. The molecule has 4 amide bonds. The van der Waals surface area contributed by atoms with Crippen LogP contribution in [0.3, 0.4) is 0 Å². The topological polar surface area (TPSA) is 81.8 Å². The van der Waals surface area contributed by atoms with Crippen molar-refractivity contribution >= 4 is 23.5 Å². The minimum absolute atomic E-state index is 0.0791. The SMILES string of the molecule is Cc1ccc(NC(=O)NCC2CCCN(C(=O)C3CCCN(C(=O)c4ccc(F)cc4)C3)C2)cc1. The largest absolute Gasteiger partial charge is 0.342 e. The van der Waals surface area contributed by atoms with Crippen LogP contribution in [0.15, 0.2) is 48.5 Å². The highest BCUT2D eigenvalue weighted by atomic mass is 19.1. The van der Waals surface area contributed by atoms with E-state index in [0.717, 1.165) is 36.9 Å². The zero-order chi connectivity index (χ0) is 24.8. The van der Waals surface area contributed by atoms with Crippen molar-refractivity contribution < 1.29 is 18.8 Å². The molecule has 2 atom stereocenters. The van der Waals surface area contributed by atoms with Gasteiger partial charge in [-0.1, -0.05) is 17.7 Å². The monoisotopic (exact) mass is 480 g/mol. The Morgan fingerprint density at radius 2 is 1.60 bits per heavy atom. The van der Waals surface area contributed by atoms with Crippen molar-refractivity contribution in [2.75, 3.05) is 38.0 Å². The number of nitrogens with one attached hydrogen (secondary N) is 2. The molecule has 2 saturated heterocycles. The Morgan fingerprint density at radius 3 is 2.34 bits per heavy atom. The smallest absolute Gasteiger partial charge is 0.319 e. The van der Waals surface area contributed by atoms with Crippen LogP contribution in [0.5, 0.6) is 0 Å². The Bertz CT molecular complexity index is 1040. The van der Waals surface area contributed by atoms with Gasteiger partial charge in [-0.2, -0.15) is 0 Å². The first kappa shape index (κ1) is 24.7. The molecule has 0 spiro atoms. The zero-order valence-electron chi connectivity index (χ0n) is 20.1. The first-order chi connectivity index (χ1) is 16.9. The third-order valence-electron chi connectivity index (χ3n) is 6.84. The Balaban J connectivity index is 1.27. The standard InChI is InChI=1S/C27H33FN4O3/c1-19-6-12-24(13-7-19)30-27(35)29-16-20-4-2-14-31(17-20)26(34)22-5-3-15-32(18-22)25(33)21-8-10-23(28)11-9-21/h6-13,20,22H,2-5,14-18H2,1H3,(H2,29,30,35). The highest BCUT2D eigenvalue weighted by molar-refractivity contribution is 5.94. The van der Waals surface area contributed by atoms with Gasteiger partial charge in [-0.05, 0) is 74.9 Å². The van der Waals surface area contributed by atoms with E-state index in [0.29, 0.717) is 38.3 Å². The molecule has 2 aromatic rings. The third kappa shape index (κ3) is 6.59. The molecule has 2 aromatic carbocycles. The number of amides is 4. The predicted molar refractivity (Wildman–Crippen MR) is 133 cm³/mol. The fraction of sp³-hybridized carbons (Fsp3) is 0.444. The zero-order valence-corrected chi connectivity index (χ0v) is 20.1.